The Morgan fingerprint density at radius 1 is 1.26 bits per heavy atom. The third-order valence-electron chi connectivity index (χ3n) is 1.52. The smallest absolute Gasteiger partial charge is 0.481 e. The highest BCUT2D eigenvalue weighted by Gasteiger charge is 2.38. The van der Waals surface area contributed by atoms with Gasteiger partial charge in [0, 0.05) is 13.0 Å². The van der Waals surface area contributed by atoms with Crippen LogP contribution in [0.25, 0.3) is 0 Å². The zero-order valence-corrected chi connectivity index (χ0v) is 10.0. The van der Waals surface area contributed by atoms with Crippen molar-refractivity contribution >= 4 is 17.8 Å². The predicted molar refractivity (Wildman–Crippen MR) is 57.2 cm³/mol. The topological polar surface area (TPSA) is 130 Å². The number of nitrogens with one attached hydrogen (secondary N) is 1. The average Bonchev–Trinajstić information content (AvgIpc) is 2.23. The summed E-state index contributed by atoms with van der Waals surface area (Å²) in [6.45, 7) is 1.94. The lowest BCUT2D eigenvalue weighted by atomic mass is 10.3. The van der Waals surface area contributed by atoms with Crippen molar-refractivity contribution in [2.45, 2.75) is 32.0 Å². The molecule has 0 radical (unpaired) electrons. The second kappa shape index (κ2) is 9.14. The summed E-state index contributed by atoms with van der Waals surface area (Å²) in [4.78, 5) is 29.7. The molecule has 0 rings (SSSR count). The molecule has 0 aliphatic rings. The van der Waals surface area contributed by atoms with E-state index in [-0.39, 0.29) is 12.3 Å². The average molecular weight is 288 g/mol. The largest absolute Gasteiger partial charge is 0.490 e. The number of aliphatic carboxylic acids is 2. The van der Waals surface area contributed by atoms with Crippen molar-refractivity contribution in [3.05, 3.63) is 0 Å². The van der Waals surface area contributed by atoms with Crippen LogP contribution in [0.4, 0.5) is 13.2 Å². The molecule has 0 aromatic carbocycles. The van der Waals surface area contributed by atoms with Crippen molar-refractivity contribution in [1.29, 1.82) is 0 Å². The summed E-state index contributed by atoms with van der Waals surface area (Å²) in [5.41, 5.74) is 5.25. The normalized spacial score (nSPS) is 11.8. The number of alkyl halides is 3. The molecule has 0 aliphatic carbocycles. The molecule has 10 heteroatoms. The fourth-order valence-electron chi connectivity index (χ4n) is 0.612. The van der Waals surface area contributed by atoms with Crippen molar-refractivity contribution in [1.82, 2.24) is 5.32 Å². The highest BCUT2D eigenvalue weighted by atomic mass is 19.4. The van der Waals surface area contributed by atoms with Crippen LogP contribution in [-0.4, -0.2) is 46.8 Å². The number of hydrogen-bond acceptors (Lipinski definition) is 4. The quantitative estimate of drug-likeness (QED) is 0.525. The number of amides is 1. The predicted octanol–water partition coefficient (Wildman–Crippen LogP) is -0.0521. The first-order valence-corrected chi connectivity index (χ1v) is 5.03. The lowest BCUT2D eigenvalue weighted by Crippen LogP contribution is -2.38. The van der Waals surface area contributed by atoms with E-state index in [0.29, 0.717) is 13.0 Å². The van der Waals surface area contributed by atoms with Crippen molar-refractivity contribution < 1.29 is 37.8 Å². The third kappa shape index (κ3) is 14.1. The van der Waals surface area contributed by atoms with Crippen LogP contribution < -0.4 is 11.1 Å². The number of rotatable bonds is 5. The summed E-state index contributed by atoms with van der Waals surface area (Å²) in [6.07, 6.45) is -4.58. The van der Waals surface area contributed by atoms with Gasteiger partial charge < -0.3 is 21.3 Å². The summed E-state index contributed by atoms with van der Waals surface area (Å²) in [6, 6.07) is -0.533. The molecule has 0 aromatic heterocycles. The Balaban J connectivity index is 0. The highest BCUT2D eigenvalue weighted by Crippen LogP contribution is 2.13. The maximum absolute atomic E-state index is 10.8. The maximum atomic E-state index is 10.8. The zero-order chi connectivity index (χ0) is 15.6. The molecule has 0 heterocycles. The van der Waals surface area contributed by atoms with Gasteiger partial charge in [0.2, 0.25) is 5.91 Å². The minimum absolute atomic E-state index is 0.0687. The van der Waals surface area contributed by atoms with Crippen LogP contribution >= 0.6 is 0 Å². The minimum Gasteiger partial charge on any atom is -0.481 e. The van der Waals surface area contributed by atoms with Crippen molar-refractivity contribution in [3.63, 3.8) is 0 Å². The van der Waals surface area contributed by atoms with E-state index in [9.17, 15) is 22.8 Å². The molecule has 19 heavy (non-hydrogen) atoms. The van der Waals surface area contributed by atoms with Gasteiger partial charge in [0.25, 0.3) is 0 Å². The van der Waals surface area contributed by atoms with Crippen LogP contribution in [0.5, 0.6) is 0 Å². The van der Waals surface area contributed by atoms with E-state index in [1.54, 1.807) is 6.92 Å². The van der Waals surface area contributed by atoms with Gasteiger partial charge in [-0.05, 0) is 13.3 Å². The fourth-order valence-corrected chi connectivity index (χ4v) is 0.612. The third-order valence-corrected chi connectivity index (χ3v) is 1.52. The fraction of sp³-hybridized carbons (Fsp3) is 0.667. The van der Waals surface area contributed by atoms with E-state index in [4.69, 9.17) is 20.7 Å². The van der Waals surface area contributed by atoms with E-state index < -0.39 is 24.2 Å². The van der Waals surface area contributed by atoms with Crippen LogP contribution in [0, 0.1) is 0 Å². The van der Waals surface area contributed by atoms with Gasteiger partial charge in [0.05, 0.1) is 6.04 Å². The molecule has 0 bridgehead atoms. The lowest BCUT2D eigenvalue weighted by molar-refractivity contribution is -0.192. The lowest BCUT2D eigenvalue weighted by Gasteiger charge is -2.05. The Bertz CT molecular complexity index is 317. The molecule has 1 amide bonds. The number of carbonyl (C=O) groups excluding carboxylic acids is 1. The first-order chi connectivity index (χ1) is 8.48. The number of hydrogen-bond donors (Lipinski definition) is 4. The van der Waals surface area contributed by atoms with Gasteiger partial charge in [0.1, 0.15) is 0 Å². The Kier molecular flexibility index (Phi) is 9.38. The summed E-state index contributed by atoms with van der Waals surface area (Å²) >= 11 is 0. The maximum Gasteiger partial charge on any atom is 0.490 e. The van der Waals surface area contributed by atoms with Crippen molar-refractivity contribution in [2.24, 2.45) is 5.73 Å². The molecular weight excluding hydrogens is 273 g/mol. The van der Waals surface area contributed by atoms with Crippen LogP contribution in [0.3, 0.4) is 0 Å². The second-order valence-corrected chi connectivity index (χ2v) is 3.38. The number of carboxylic acid groups (broad SMARTS) is 2. The molecule has 112 valence electrons. The summed E-state index contributed by atoms with van der Waals surface area (Å²) in [5, 5.41) is 17.9. The van der Waals surface area contributed by atoms with Gasteiger partial charge >= 0.3 is 18.1 Å². The Morgan fingerprint density at radius 2 is 1.68 bits per heavy atom. The van der Waals surface area contributed by atoms with Gasteiger partial charge in [-0.15, -0.1) is 0 Å². The summed E-state index contributed by atoms with van der Waals surface area (Å²) in [5.74, 6) is -3.86. The minimum atomic E-state index is -5.08. The Hall–Kier alpha value is -1.84. The van der Waals surface area contributed by atoms with Crippen LogP contribution in [0.15, 0.2) is 0 Å². The van der Waals surface area contributed by atoms with Crippen molar-refractivity contribution in [3.8, 4) is 0 Å². The Morgan fingerprint density at radius 3 is 1.95 bits per heavy atom. The van der Waals surface area contributed by atoms with Gasteiger partial charge in [-0.3, -0.25) is 9.59 Å². The monoisotopic (exact) mass is 288 g/mol. The number of carbonyl (C=O) groups is 3. The number of carboxylic acids is 2. The molecule has 5 N–H and O–H groups in total. The standard InChI is InChI=1S/C7H14N2O3.C2HF3O2/c1-5(8)7(12)9-4-2-3-6(10)11;3-2(4,5)1(6)7/h5H,2-4,8H2,1H3,(H,9,12)(H,10,11);(H,6,7). The van der Waals surface area contributed by atoms with Gasteiger partial charge in [-0.1, -0.05) is 0 Å². The molecule has 0 spiro atoms. The highest BCUT2D eigenvalue weighted by molar-refractivity contribution is 5.80. The number of nitrogens with two attached hydrogens (primary N) is 1. The zero-order valence-electron chi connectivity index (χ0n) is 10.0. The first kappa shape index (κ1) is 19.5. The van der Waals surface area contributed by atoms with Crippen LogP contribution in [0.1, 0.15) is 19.8 Å². The molecule has 0 aromatic rings. The van der Waals surface area contributed by atoms with E-state index >= 15 is 0 Å². The SMILES string of the molecule is CC(N)C(=O)NCCCC(=O)O.O=C(O)C(F)(F)F. The molecule has 0 aliphatic heterocycles. The molecule has 0 saturated carbocycles. The Labute approximate surface area is 106 Å². The van der Waals surface area contributed by atoms with E-state index in [1.807, 2.05) is 0 Å². The molecule has 0 fully saturated rings. The van der Waals surface area contributed by atoms with Crippen LogP contribution in [-0.2, 0) is 14.4 Å². The van der Waals surface area contributed by atoms with E-state index in [1.165, 1.54) is 0 Å². The summed E-state index contributed by atoms with van der Waals surface area (Å²) in [7, 11) is 0. The second-order valence-electron chi connectivity index (χ2n) is 3.38. The van der Waals surface area contributed by atoms with Crippen molar-refractivity contribution in [2.75, 3.05) is 6.54 Å². The van der Waals surface area contributed by atoms with Gasteiger partial charge in [-0.25, -0.2) is 4.79 Å². The molecular formula is C9H15F3N2O5. The molecule has 1 unspecified atom stereocenters. The first-order valence-electron chi connectivity index (χ1n) is 5.03. The molecule has 1 atom stereocenters. The van der Waals surface area contributed by atoms with Gasteiger partial charge in [-0.2, -0.15) is 13.2 Å². The van der Waals surface area contributed by atoms with Gasteiger partial charge in [0.15, 0.2) is 0 Å². The van der Waals surface area contributed by atoms with E-state index in [2.05, 4.69) is 5.32 Å². The molecule has 7 nitrogen and oxygen atoms in total. The molecule has 0 saturated heterocycles. The van der Waals surface area contributed by atoms with E-state index in [0.717, 1.165) is 0 Å². The van der Waals surface area contributed by atoms with Crippen LogP contribution in [0.2, 0.25) is 0 Å². The number of halogens is 3. The summed E-state index contributed by atoms with van der Waals surface area (Å²) < 4.78 is 31.7.